The van der Waals surface area contributed by atoms with E-state index in [1.54, 1.807) is 0 Å². The summed E-state index contributed by atoms with van der Waals surface area (Å²) in [4.78, 5) is 0.932. The molecule has 0 saturated carbocycles. The van der Waals surface area contributed by atoms with Crippen molar-refractivity contribution in [3.8, 4) is 11.3 Å². The number of hydrogen-bond acceptors (Lipinski definition) is 3. The average Bonchev–Trinajstić information content (AvgIpc) is 3.00. The number of fused-ring (bicyclic) bond motifs is 5. The van der Waals surface area contributed by atoms with Crippen molar-refractivity contribution in [3.05, 3.63) is 53.6 Å². The van der Waals surface area contributed by atoms with Crippen LogP contribution in [0.3, 0.4) is 0 Å². The van der Waals surface area contributed by atoms with Crippen LogP contribution in [-0.2, 0) is 37.9 Å². The Balaban J connectivity index is 1.89. The lowest BCUT2D eigenvalue weighted by molar-refractivity contribution is -0.0432. The first-order valence-corrected chi connectivity index (χ1v) is 13.8. The Morgan fingerprint density at radius 1 is 1.10 bits per heavy atom. The third kappa shape index (κ3) is 3.39. The van der Waals surface area contributed by atoms with Gasteiger partial charge in [-0.2, -0.15) is 0 Å². The fourth-order valence-electron chi connectivity index (χ4n) is 4.15. The van der Waals surface area contributed by atoms with Crippen LogP contribution in [0.4, 0.5) is 0 Å². The smallest absolute Gasteiger partial charge is 0.229 e. The van der Waals surface area contributed by atoms with E-state index in [0.29, 0.717) is 25.3 Å². The van der Waals surface area contributed by atoms with Gasteiger partial charge in [0.2, 0.25) is 19.5 Å². The molecule has 29 heavy (non-hydrogen) atoms. The SMILES string of the molecule is C[Si]OC(O[Si]C)C(C)(C)c1ccc2c(c1)c1c(n2C)-c2ccccc2S(=O)C1. The fraction of sp³-hybridized carbons (Fsp3) is 0.364. The molecular formula is C22H25NO3SSi2. The molecular weight excluding hydrogens is 414 g/mol. The van der Waals surface area contributed by atoms with Crippen LogP contribution in [0.1, 0.15) is 25.0 Å². The number of nitrogens with zero attached hydrogens (tertiary/aromatic N) is 1. The summed E-state index contributed by atoms with van der Waals surface area (Å²) < 4.78 is 27.1. The molecule has 2 heterocycles. The predicted molar refractivity (Wildman–Crippen MR) is 121 cm³/mol. The van der Waals surface area contributed by atoms with E-state index < -0.39 is 10.8 Å². The molecule has 7 heteroatoms. The van der Waals surface area contributed by atoms with E-state index in [4.69, 9.17) is 8.85 Å². The second kappa shape index (κ2) is 7.96. The molecule has 0 N–H and O–H groups in total. The van der Waals surface area contributed by atoms with Crippen molar-refractivity contribution in [2.24, 2.45) is 7.05 Å². The largest absolute Gasteiger partial charge is 0.393 e. The van der Waals surface area contributed by atoms with Gasteiger partial charge < -0.3 is 13.4 Å². The summed E-state index contributed by atoms with van der Waals surface area (Å²) in [5.41, 5.74) is 5.47. The Bertz CT molecular complexity index is 1090. The maximum absolute atomic E-state index is 12.9. The van der Waals surface area contributed by atoms with E-state index in [2.05, 4.69) is 49.7 Å². The first kappa shape index (κ1) is 20.7. The van der Waals surface area contributed by atoms with Gasteiger partial charge in [0.05, 0.1) is 22.2 Å². The van der Waals surface area contributed by atoms with Gasteiger partial charge in [0.25, 0.3) is 0 Å². The van der Waals surface area contributed by atoms with E-state index in [1.807, 2.05) is 31.3 Å². The van der Waals surface area contributed by atoms with Gasteiger partial charge in [-0.3, -0.25) is 4.21 Å². The molecule has 0 spiro atoms. The lowest BCUT2D eigenvalue weighted by Gasteiger charge is -2.34. The van der Waals surface area contributed by atoms with Crippen LogP contribution in [0, 0.1) is 0 Å². The Labute approximate surface area is 179 Å². The number of hydrogen-bond donors (Lipinski definition) is 0. The Morgan fingerprint density at radius 2 is 1.79 bits per heavy atom. The minimum Gasteiger partial charge on any atom is -0.393 e. The number of aromatic nitrogens is 1. The van der Waals surface area contributed by atoms with Crippen LogP contribution < -0.4 is 0 Å². The molecule has 0 aliphatic carbocycles. The van der Waals surface area contributed by atoms with Gasteiger partial charge in [-0.25, -0.2) is 0 Å². The van der Waals surface area contributed by atoms with Crippen molar-refractivity contribution in [1.82, 2.24) is 4.57 Å². The summed E-state index contributed by atoms with van der Waals surface area (Å²) in [7, 11) is 1.81. The average molecular weight is 440 g/mol. The van der Waals surface area contributed by atoms with Crippen molar-refractivity contribution in [2.75, 3.05) is 0 Å². The van der Waals surface area contributed by atoms with Crippen LogP contribution in [0.2, 0.25) is 13.1 Å². The van der Waals surface area contributed by atoms with Gasteiger partial charge in [-0.1, -0.05) is 38.1 Å². The van der Waals surface area contributed by atoms with E-state index in [-0.39, 0.29) is 11.7 Å². The lowest BCUT2D eigenvalue weighted by Crippen LogP contribution is -2.39. The monoisotopic (exact) mass is 439 g/mol. The van der Waals surface area contributed by atoms with Crippen LogP contribution >= 0.6 is 0 Å². The highest BCUT2D eigenvalue weighted by Crippen LogP contribution is 2.42. The second-order valence-corrected chi connectivity index (χ2v) is 10.5. The van der Waals surface area contributed by atoms with Gasteiger partial charge in [-0.15, -0.1) is 0 Å². The minimum absolute atomic E-state index is 0.291. The molecule has 1 aliphatic rings. The summed E-state index contributed by atoms with van der Waals surface area (Å²) >= 11 is 0. The van der Waals surface area contributed by atoms with Gasteiger partial charge in [0.1, 0.15) is 6.29 Å². The van der Waals surface area contributed by atoms with Crippen molar-refractivity contribution in [3.63, 3.8) is 0 Å². The first-order valence-electron chi connectivity index (χ1n) is 9.64. The summed E-state index contributed by atoms with van der Waals surface area (Å²) in [6.07, 6.45) is -0.291. The molecule has 1 atom stereocenters. The molecule has 0 amide bonds. The maximum Gasteiger partial charge on any atom is 0.229 e. The molecule has 0 bridgehead atoms. The van der Waals surface area contributed by atoms with Crippen LogP contribution in [-0.4, -0.2) is 34.6 Å². The van der Waals surface area contributed by atoms with Crippen LogP contribution in [0.5, 0.6) is 0 Å². The van der Waals surface area contributed by atoms with Crippen LogP contribution in [0.15, 0.2) is 47.4 Å². The lowest BCUT2D eigenvalue weighted by atomic mass is 9.83. The zero-order chi connectivity index (χ0) is 20.8. The zero-order valence-electron chi connectivity index (χ0n) is 17.4. The Hall–Kier alpha value is -1.52. The molecule has 1 aromatic heterocycles. The van der Waals surface area contributed by atoms with Crippen LogP contribution in [0.25, 0.3) is 22.2 Å². The summed E-state index contributed by atoms with van der Waals surface area (Å²) in [6.45, 7) is 8.38. The summed E-state index contributed by atoms with van der Waals surface area (Å²) in [5, 5.41) is 1.17. The van der Waals surface area contributed by atoms with Crippen molar-refractivity contribution in [1.29, 1.82) is 0 Å². The third-order valence-corrected chi connectivity index (χ3v) is 8.05. The zero-order valence-corrected chi connectivity index (χ0v) is 20.2. The molecule has 4 nitrogen and oxygen atoms in total. The molecule has 1 unspecified atom stereocenters. The number of benzene rings is 2. The fourth-order valence-corrected chi connectivity index (χ4v) is 6.71. The summed E-state index contributed by atoms with van der Waals surface area (Å²) in [6, 6.07) is 14.6. The Morgan fingerprint density at radius 3 is 2.48 bits per heavy atom. The van der Waals surface area contributed by atoms with Crippen molar-refractivity contribution in [2.45, 2.75) is 49.3 Å². The van der Waals surface area contributed by atoms with Gasteiger partial charge in [0, 0.05) is 33.8 Å². The molecule has 1 aliphatic heterocycles. The molecule has 4 radical (unpaired) electrons. The minimum atomic E-state index is -1.02. The van der Waals surface area contributed by atoms with Gasteiger partial charge in [-0.05, 0) is 42.4 Å². The standard InChI is InChI=1S/C22H25NO3SSi2/c1-22(2,21(25-28-4)26-29-5)14-10-11-18-16(12-14)17-13-27(24)19-9-7-6-8-15(19)20(17)23(18)3/h6-12,21H,13H2,1-5H3. The number of rotatable bonds is 6. The second-order valence-electron chi connectivity index (χ2n) is 7.80. The highest BCUT2D eigenvalue weighted by molar-refractivity contribution is 7.84. The highest BCUT2D eigenvalue weighted by Gasteiger charge is 2.34. The predicted octanol–water partition coefficient (Wildman–Crippen LogP) is 4.44. The first-order chi connectivity index (χ1) is 13.9. The number of aryl methyl sites for hydroxylation is 1. The quantitative estimate of drug-likeness (QED) is 0.421. The normalized spacial score (nSPS) is 16.3. The summed E-state index contributed by atoms with van der Waals surface area (Å²) in [5.74, 6) is 0.552. The highest BCUT2D eigenvalue weighted by atomic mass is 32.2. The Kier molecular flexibility index (Phi) is 5.69. The van der Waals surface area contributed by atoms with E-state index in [1.165, 1.54) is 22.2 Å². The topological polar surface area (TPSA) is 40.5 Å². The van der Waals surface area contributed by atoms with Gasteiger partial charge in [0.15, 0.2) is 0 Å². The van der Waals surface area contributed by atoms with Crippen molar-refractivity contribution >= 4 is 41.2 Å². The van der Waals surface area contributed by atoms with Gasteiger partial charge >= 0.3 is 0 Å². The molecule has 0 fully saturated rings. The van der Waals surface area contributed by atoms with Crippen molar-refractivity contribution < 1.29 is 13.1 Å². The van der Waals surface area contributed by atoms with E-state index >= 15 is 0 Å². The third-order valence-electron chi connectivity index (χ3n) is 5.75. The molecule has 2 aromatic carbocycles. The molecule has 150 valence electrons. The molecule has 4 rings (SSSR count). The molecule has 3 aromatic rings. The van der Waals surface area contributed by atoms with E-state index in [9.17, 15) is 4.21 Å². The van der Waals surface area contributed by atoms with E-state index in [0.717, 1.165) is 16.0 Å². The maximum atomic E-state index is 12.9. The molecule has 0 saturated heterocycles.